The third-order valence-corrected chi connectivity index (χ3v) is 1.12. The van der Waals surface area contributed by atoms with Crippen LogP contribution in [0.3, 0.4) is 0 Å². The van der Waals surface area contributed by atoms with Crippen molar-refractivity contribution >= 4 is 12.6 Å². The molecule has 2 N–H and O–H groups in total. The molecule has 0 aliphatic carbocycles. The molecule has 0 aliphatic rings. The number of nitrogens with zero attached hydrogens (tertiary/aromatic N) is 2. The molecule has 0 aromatic carbocycles. The van der Waals surface area contributed by atoms with Crippen molar-refractivity contribution in [2.45, 2.75) is 11.9 Å². The Morgan fingerprint density at radius 3 is 2.62 bits per heavy atom. The molecule has 0 fully saturated rings. The summed E-state index contributed by atoms with van der Waals surface area (Å²) in [6.45, 7) is 1.82. The maximum atomic E-state index is 5.35. The Labute approximate surface area is 52.9 Å². The average molecular weight is 129 g/mol. The Morgan fingerprint density at radius 2 is 2.50 bits per heavy atom. The molecule has 3 nitrogen and oxygen atoms in total. The number of rotatable bonds is 0. The normalized spacial score (nSPS) is 9.75. The average Bonchev–Trinajstić information content (AvgIpc) is 1.85. The zero-order chi connectivity index (χ0) is 6.15. The van der Waals surface area contributed by atoms with E-state index in [9.17, 15) is 0 Å². The first kappa shape index (κ1) is 5.50. The van der Waals surface area contributed by atoms with Gasteiger partial charge < -0.3 is 5.84 Å². The lowest BCUT2D eigenvalue weighted by atomic mass is 10.7. The topological polar surface area (TPSA) is 43.8 Å². The number of nitrogens with two attached hydrogens (primary N) is 1. The molecule has 0 saturated carbocycles. The van der Waals surface area contributed by atoms with E-state index < -0.39 is 0 Å². The number of hydrogen-bond donors (Lipinski definition) is 2. The summed E-state index contributed by atoms with van der Waals surface area (Å²) in [5.74, 6) is 6.12. The molecule has 44 valence electrons. The Kier molecular flexibility index (Phi) is 1.17. The zero-order valence-corrected chi connectivity index (χ0v) is 5.39. The van der Waals surface area contributed by atoms with Gasteiger partial charge in [0.15, 0.2) is 0 Å². The first-order valence-electron chi connectivity index (χ1n) is 2.20. The van der Waals surface area contributed by atoms with Crippen LogP contribution in [-0.4, -0.2) is 9.66 Å². The van der Waals surface area contributed by atoms with E-state index in [0.29, 0.717) is 5.03 Å². The Morgan fingerprint density at radius 1 is 1.88 bits per heavy atom. The summed E-state index contributed by atoms with van der Waals surface area (Å²) in [7, 11) is 0. The molecule has 0 atom stereocenters. The largest absolute Gasteiger partial charge is 0.338 e. The molecule has 1 rings (SSSR count). The van der Waals surface area contributed by atoms with Crippen molar-refractivity contribution in [1.82, 2.24) is 9.66 Å². The molecule has 0 bridgehead atoms. The van der Waals surface area contributed by atoms with Crippen molar-refractivity contribution in [1.29, 1.82) is 0 Å². The zero-order valence-electron chi connectivity index (χ0n) is 4.50. The first-order valence-corrected chi connectivity index (χ1v) is 2.65. The van der Waals surface area contributed by atoms with Gasteiger partial charge in [-0.3, -0.25) is 4.68 Å². The second kappa shape index (κ2) is 1.70. The molecule has 8 heavy (non-hydrogen) atoms. The van der Waals surface area contributed by atoms with Crippen LogP contribution in [0.25, 0.3) is 0 Å². The Bertz CT molecular complexity index is 174. The van der Waals surface area contributed by atoms with Crippen molar-refractivity contribution in [2.24, 2.45) is 0 Å². The standard InChI is InChI=1S/C4H7N3S/c1-3-6-4(8)2-7(3)5/h2,8H,5H2,1H3. The fourth-order valence-corrected chi connectivity index (χ4v) is 0.739. The van der Waals surface area contributed by atoms with Gasteiger partial charge in [0.05, 0.1) is 6.20 Å². The molecular formula is C4H7N3S. The lowest BCUT2D eigenvalue weighted by Crippen LogP contribution is -2.07. The molecule has 0 spiro atoms. The van der Waals surface area contributed by atoms with E-state index in [-0.39, 0.29) is 0 Å². The number of aryl methyl sites for hydroxylation is 1. The summed E-state index contributed by atoms with van der Waals surface area (Å²) in [6.07, 6.45) is 1.65. The van der Waals surface area contributed by atoms with Crippen LogP contribution < -0.4 is 5.84 Å². The van der Waals surface area contributed by atoms with Crippen molar-refractivity contribution in [3.63, 3.8) is 0 Å². The number of thiol groups is 1. The molecule has 1 aromatic rings. The third kappa shape index (κ3) is 0.790. The second-order valence-electron chi connectivity index (χ2n) is 1.55. The predicted molar refractivity (Wildman–Crippen MR) is 34.4 cm³/mol. The van der Waals surface area contributed by atoms with Crippen LogP contribution in [-0.2, 0) is 0 Å². The van der Waals surface area contributed by atoms with E-state index in [1.165, 1.54) is 4.68 Å². The van der Waals surface area contributed by atoms with Crippen molar-refractivity contribution in [3.8, 4) is 0 Å². The van der Waals surface area contributed by atoms with Gasteiger partial charge in [-0.2, -0.15) is 0 Å². The van der Waals surface area contributed by atoms with Crippen LogP contribution in [0.5, 0.6) is 0 Å². The van der Waals surface area contributed by atoms with Gasteiger partial charge in [0.2, 0.25) is 0 Å². The molecule has 1 heterocycles. The highest BCUT2D eigenvalue weighted by molar-refractivity contribution is 7.80. The summed E-state index contributed by atoms with van der Waals surface area (Å²) in [5, 5.41) is 0.657. The summed E-state index contributed by atoms with van der Waals surface area (Å²) in [5.41, 5.74) is 0. The predicted octanol–water partition coefficient (Wildman–Crippen LogP) is 0.194. The molecule has 0 radical (unpaired) electrons. The van der Waals surface area contributed by atoms with Crippen LogP contribution in [0, 0.1) is 6.92 Å². The minimum absolute atomic E-state index is 0.657. The van der Waals surface area contributed by atoms with Crippen molar-refractivity contribution in [3.05, 3.63) is 12.0 Å². The van der Waals surface area contributed by atoms with E-state index in [0.717, 1.165) is 5.82 Å². The quantitative estimate of drug-likeness (QED) is 0.388. The molecule has 4 heteroatoms. The summed E-state index contributed by atoms with van der Waals surface area (Å²) < 4.78 is 1.43. The highest BCUT2D eigenvalue weighted by atomic mass is 32.1. The molecule has 1 aromatic heterocycles. The van der Waals surface area contributed by atoms with E-state index in [2.05, 4.69) is 17.6 Å². The highest BCUT2D eigenvalue weighted by Crippen LogP contribution is 2.00. The van der Waals surface area contributed by atoms with Crippen molar-refractivity contribution in [2.75, 3.05) is 5.84 Å². The van der Waals surface area contributed by atoms with Gasteiger partial charge in [-0.05, 0) is 6.92 Å². The summed E-state index contributed by atoms with van der Waals surface area (Å²) in [6, 6.07) is 0. The van der Waals surface area contributed by atoms with Crippen LogP contribution >= 0.6 is 12.6 Å². The van der Waals surface area contributed by atoms with Crippen LogP contribution in [0.15, 0.2) is 11.2 Å². The van der Waals surface area contributed by atoms with Crippen LogP contribution in [0.2, 0.25) is 0 Å². The number of hydrogen-bond acceptors (Lipinski definition) is 3. The lowest BCUT2D eigenvalue weighted by molar-refractivity contribution is 0.927. The summed E-state index contributed by atoms with van der Waals surface area (Å²) >= 11 is 3.96. The van der Waals surface area contributed by atoms with Gasteiger partial charge in [-0.1, -0.05) is 0 Å². The summed E-state index contributed by atoms with van der Waals surface area (Å²) in [4.78, 5) is 3.91. The molecule has 0 amide bonds. The van der Waals surface area contributed by atoms with E-state index in [4.69, 9.17) is 5.84 Å². The van der Waals surface area contributed by atoms with Gasteiger partial charge in [0, 0.05) is 0 Å². The van der Waals surface area contributed by atoms with E-state index >= 15 is 0 Å². The minimum Gasteiger partial charge on any atom is -0.338 e. The fraction of sp³-hybridized carbons (Fsp3) is 0.250. The van der Waals surface area contributed by atoms with Gasteiger partial charge in [0.25, 0.3) is 0 Å². The van der Waals surface area contributed by atoms with Gasteiger partial charge in [-0.25, -0.2) is 4.98 Å². The van der Waals surface area contributed by atoms with Gasteiger partial charge >= 0.3 is 0 Å². The van der Waals surface area contributed by atoms with Gasteiger partial charge in [-0.15, -0.1) is 12.6 Å². The SMILES string of the molecule is Cc1nc(S)cn1N. The molecule has 0 aliphatic heterocycles. The number of aromatic nitrogens is 2. The van der Waals surface area contributed by atoms with Gasteiger partial charge in [0.1, 0.15) is 10.9 Å². The number of imidazole rings is 1. The number of nitrogen functional groups attached to an aromatic ring is 1. The third-order valence-electron chi connectivity index (χ3n) is 0.905. The van der Waals surface area contributed by atoms with Crippen LogP contribution in [0.1, 0.15) is 5.82 Å². The molecule has 0 unspecified atom stereocenters. The lowest BCUT2D eigenvalue weighted by Gasteiger charge is -1.88. The highest BCUT2D eigenvalue weighted by Gasteiger charge is 1.93. The van der Waals surface area contributed by atoms with Crippen LogP contribution in [0.4, 0.5) is 0 Å². The first-order chi connectivity index (χ1) is 3.70. The fourth-order valence-electron chi connectivity index (χ4n) is 0.470. The minimum atomic E-state index is 0.657. The maximum Gasteiger partial charge on any atom is 0.125 e. The van der Waals surface area contributed by atoms with Crippen molar-refractivity contribution < 1.29 is 0 Å². The maximum absolute atomic E-state index is 5.35. The Balaban J connectivity index is 3.14. The second-order valence-corrected chi connectivity index (χ2v) is 2.01. The van der Waals surface area contributed by atoms with E-state index in [1.54, 1.807) is 6.20 Å². The van der Waals surface area contributed by atoms with E-state index in [1.807, 2.05) is 6.92 Å². The smallest absolute Gasteiger partial charge is 0.125 e. The molecular weight excluding hydrogens is 122 g/mol. The monoisotopic (exact) mass is 129 g/mol. The Hall–Kier alpha value is -0.640. The molecule has 0 saturated heterocycles.